The molecule has 5 N–H and O–H groups in total. The number of amides is 1. The molecular formula is C15H13Cl2N5OS. The maximum atomic E-state index is 11.5. The number of thiocarbonyl (C=S) groups is 1. The Kier molecular flexibility index (Phi) is 7.39. The molecule has 0 unspecified atom stereocenters. The van der Waals surface area contributed by atoms with Crippen LogP contribution in [0.5, 0.6) is 0 Å². The van der Waals surface area contributed by atoms with Gasteiger partial charge in [-0.1, -0.05) is 29.3 Å². The molecule has 6 nitrogen and oxygen atoms in total. The molecule has 0 atom stereocenters. The van der Waals surface area contributed by atoms with Gasteiger partial charge in [-0.05, 0) is 47.6 Å². The van der Waals surface area contributed by atoms with Gasteiger partial charge in [-0.25, -0.2) is 4.98 Å². The van der Waals surface area contributed by atoms with Crippen LogP contribution in [0.25, 0.3) is 11.1 Å². The van der Waals surface area contributed by atoms with Gasteiger partial charge in [-0.2, -0.15) is 5.26 Å². The first-order chi connectivity index (χ1) is 11.3. The van der Waals surface area contributed by atoms with Gasteiger partial charge in [0.2, 0.25) is 5.91 Å². The summed E-state index contributed by atoms with van der Waals surface area (Å²) in [5.41, 5.74) is 12.0. The zero-order chi connectivity index (χ0) is 18.3. The van der Waals surface area contributed by atoms with E-state index < -0.39 is 5.91 Å². The number of nitriles is 1. The summed E-state index contributed by atoms with van der Waals surface area (Å²) in [7, 11) is 1.68. The van der Waals surface area contributed by atoms with E-state index in [1.807, 2.05) is 6.07 Å². The summed E-state index contributed by atoms with van der Waals surface area (Å²) in [5.74, 6) is -0.629. The number of nitrogens with one attached hydrogen (secondary N) is 1. The average Bonchev–Trinajstić information content (AvgIpc) is 2.53. The van der Waals surface area contributed by atoms with Gasteiger partial charge in [0.1, 0.15) is 10.3 Å². The Bertz CT molecular complexity index is 800. The zero-order valence-electron chi connectivity index (χ0n) is 12.5. The summed E-state index contributed by atoms with van der Waals surface area (Å²) < 4.78 is 0. The van der Waals surface area contributed by atoms with Gasteiger partial charge >= 0.3 is 0 Å². The molecule has 0 saturated carbocycles. The van der Waals surface area contributed by atoms with E-state index in [0.29, 0.717) is 21.8 Å². The number of aromatic nitrogens is 1. The van der Waals surface area contributed by atoms with Crippen LogP contribution in [0.2, 0.25) is 10.3 Å². The van der Waals surface area contributed by atoms with Crippen LogP contribution in [0.15, 0.2) is 30.3 Å². The fourth-order valence-electron chi connectivity index (χ4n) is 1.69. The van der Waals surface area contributed by atoms with Gasteiger partial charge in [-0.3, -0.25) is 4.79 Å². The summed E-state index contributed by atoms with van der Waals surface area (Å²) in [6.07, 6.45) is 0. The molecule has 24 heavy (non-hydrogen) atoms. The van der Waals surface area contributed by atoms with E-state index in [4.69, 9.17) is 39.9 Å². The van der Waals surface area contributed by atoms with Crippen LogP contribution in [-0.4, -0.2) is 23.1 Å². The van der Waals surface area contributed by atoms with Gasteiger partial charge in [0.15, 0.2) is 5.11 Å². The molecule has 0 bridgehead atoms. The van der Waals surface area contributed by atoms with Gasteiger partial charge in [0.05, 0.1) is 11.6 Å². The van der Waals surface area contributed by atoms with Crippen molar-refractivity contribution in [3.8, 4) is 17.2 Å². The van der Waals surface area contributed by atoms with Crippen molar-refractivity contribution in [2.75, 3.05) is 7.05 Å². The number of carbonyl (C=O) groups excluding carboxylic acids is 1. The number of hydrogen-bond acceptors (Lipinski definition) is 4. The van der Waals surface area contributed by atoms with Gasteiger partial charge in [-0.15, -0.1) is 0 Å². The smallest absolute Gasteiger partial charge is 0.249 e. The Morgan fingerprint density at radius 2 is 1.79 bits per heavy atom. The van der Waals surface area contributed by atoms with E-state index in [9.17, 15) is 4.79 Å². The minimum absolute atomic E-state index is 0.210. The minimum atomic E-state index is -0.629. The highest BCUT2D eigenvalue weighted by molar-refractivity contribution is 7.80. The van der Waals surface area contributed by atoms with Crippen LogP contribution in [0, 0.1) is 11.3 Å². The maximum absolute atomic E-state index is 11.5. The highest BCUT2D eigenvalue weighted by atomic mass is 35.5. The summed E-state index contributed by atoms with van der Waals surface area (Å²) >= 11 is 16.0. The molecule has 2 aromatic rings. The second-order valence-corrected chi connectivity index (χ2v) is 5.57. The highest BCUT2D eigenvalue weighted by Gasteiger charge is 2.12. The lowest BCUT2D eigenvalue weighted by Crippen LogP contribution is -2.24. The molecule has 0 spiro atoms. The number of pyridine rings is 1. The molecule has 2 rings (SSSR count). The SMILES string of the molecule is CNC(N)=S.N#Cc1ccc(-c2cc(Cl)nc(Cl)c2)c(C(N)=O)c1. The van der Waals surface area contributed by atoms with Crippen molar-refractivity contribution in [3.63, 3.8) is 0 Å². The number of benzene rings is 1. The molecular weight excluding hydrogens is 369 g/mol. The Balaban J connectivity index is 0.000000505. The molecule has 1 heterocycles. The molecule has 0 aliphatic rings. The van der Waals surface area contributed by atoms with E-state index in [-0.39, 0.29) is 15.9 Å². The summed E-state index contributed by atoms with van der Waals surface area (Å²) in [4.78, 5) is 15.3. The Morgan fingerprint density at radius 1 is 1.25 bits per heavy atom. The summed E-state index contributed by atoms with van der Waals surface area (Å²) in [6, 6.07) is 9.74. The van der Waals surface area contributed by atoms with Crippen LogP contribution >= 0.6 is 35.4 Å². The number of halogens is 2. The Morgan fingerprint density at radius 3 is 2.21 bits per heavy atom. The minimum Gasteiger partial charge on any atom is -0.376 e. The first-order valence-electron chi connectivity index (χ1n) is 6.43. The van der Waals surface area contributed by atoms with Crippen molar-refractivity contribution < 1.29 is 4.79 Å². The number of carbonyl (C=O) groups is 1. The van der Waals surface area contributed by atoms with Gasteiger partial charge in [0.25, 0.3) is 0 Å². The number of nitrogens with two attached hydrogens (primary N) is 2. The zero-order valence-corrected chi connectivity index (χ0v) is 14.8. The normalized spacial score (nSPS) is 9.25. The molecule has 0 fully saturated rings. The third-order valence-corrected chi connectivity index (χ3v) is 3.33. The lowest BCUT2D eigenvalue weighted by atomic mass is 9.98. The predicted molar refractivity (Wildman–Crippen MR) is 98.8 cm³/mol. The topological polar surface area (TPSA) is 118 Å². The quantitative estimate of drug-likeness (QED) is 0.543. The van der Waals surface area contributed by atoms with Crippen molar-refractivity contribution in [2.24, 2.45) is 11.5 Å². The van der Waals surface area contributed by atoms with Crippen molar-refractivity contribution >= 4 is 46.4 Å². The molecule has 9 heteroatoms. The highest BCUT2D eigenvalue weighted by Crippen LogP contribution is 2.28. The fourth-order valence-corrected chi connectivity index (χ4v) is 2.15. The molecule has 1 amide bonds. The van der Waals surface area contributed by atoms with Crippen molar-refractivity contribution in [2.45, 2.75) is 0 Å². The van der Waals surface area contributed by atoms with Crippen LogP contribution < -0.4 is 16.8 Å². The predicted octanol–water partition coefficient (Wildman–Crippen LogP) is 2.48. The van der Waals surface area contributed by atoms with Crippen molar-refractivity contribution in [3.05, 3.63) is 51.8 Å². The third-order valence-electron chi connectivity index (χ3n) is 2.73. The Labute approximate surface area is 154 Å². The number of nitrogens with zero attached hydrogens (tertiary/aromatic N) is 2. The lowest BCUT2D eigenvalue weighted by molar-refractivity contribution is 0.100. The van der Waals surface area contributed by atoms with E-state index in [1.54, 1.807) is 31.3 Å². The van der Waals surface area contributed by atoms with Crippen LogP contribution in [0.3, 0.4) is 0 Å². The summed E-state index contributed by atoms with van der Waals surface area (Å²) in [6.45, 7) is 0. The first kappa shape index (κ1) is 19.6. The van der Waals surface area contributed by atoms with E-state index in [1.165, 1.54) is 6.07 Å². The lowest BCUT2D eigenvalue weighted by Gasteiger charge is -2.08. The maximum Gasteiger partial charge on any atom is 0.249 e. The van der Waals surface area contributed by atoms with Crippen LogP contribution in [0.1, 0.15) is 15.9 Å². The number of primary amides is 1. The standard InChI is InChI=1S/C13H7Cl2N3O.C2H6N2S/c14-11-4-8(5-12(15)18-11)9-2-1-7(6-16)3-10(9)13(17)19;1-4-2(3)5/h1-5H,(H2,17,19);1H3,(H3,3,4,5). The van der Waals surface area contributed by atoms with E-state index >= 15 is 0 Å². The van der Waals surface area contributed by atoms with E-state index in [2.05, 4.69) is 22.5 Å². The molecule has 1 aromatic heterocycles. The van der Waals surface area contributed by atoms with Crippen LogP contribution in [0.4, 0.5) is 0 Å². The number of rotatable bonds is 2. The molecule has 0 saturated heterocycles. The third kappa shape index (κ3) is 5.66. The first-order valence-corrected chi connectivity index (χ1v) is 7.59. The second-order valence-electron chi connectivity index (χ2n) is 4.35. The molecule has 1 aromatic carbocycles. The summed E-state index contributed by atoms with van der Waals surface area (Å²) in [5, 5.41) is 12.1. The second kappa shape index (κ2) is 9.03. The molecule has 0 radical (unpaired) electrons. The van der Waals surface area contributed by atoms with Gasteiger partial charge < -0.3 is 16.8 Å². The average molecular weight is 382 g/mol. The van der Waals surface area contributed by atoms with Gasteiger partial charge in [0, 0.05) is 12.6 Å². The number of hydrogen-bond donors (Lipinski definition) is 3. The Hall–Kier alpha value is -2.40. The molecule has 124 valence electrons. The fraction of sp³-hybridized carbons (Fsp3) is 0.0667. The molecule has 0 aliphatic heterocycles. The molecule has 0 aliphatic carbocycles. The van der Waals surface area contributed by atoms with Crippen molar-refractivity contribution in [1.82, 2.24) is 10.3 Å². The monoisotopic (exact) mass is 381 g/mol. The largest absolute Gasteiger partial charge is 0.376 e. The van der Waals surface area contributed by atoms with Crippen LogP contribution in [-0.2, 0) is 0 Å². The van der Waals surface area contributed by atoms with E-state index in [0.717, 1.165) is 0 Å². The van der Waals surface area contributed by atoms with Crippen molar-refractivity contribution in [1.29, 1.82) is 5.26 Å².